The maximum Gasteiger partial charge on any atom is 0.204 e. The van der Waals surface area contributed by atoms with Crippen LogP contribution in [0.4, 0.5) is 0 Å². The number of aliphatic hydroxyl groups is 1. The number of rotatable bonds is 3. The molecular weight excluding hydrogens is 232 g/mol. The maximum absolute atomic E-state index is 9.60. The Kier molecular flexibility index (Phi) is 4.46. The van der Waals surface area contributed by atoms with Gasteiger partial charge in [-0.25, -0.2) is 0 Å². The van der Waals surface area contributed by atoms with Crippen LogP contribution in [0.3, 0.4) is 0 Å². The molecule has 1 aromatic rings. The molecule has 0 saturated carbocycles. The summed E-state index contributed by atoms with van der Waals surface area (Å²) in [5.74, 6) is 7.16. The predicted octanol–water partition coefficient (Wildman–Crippen LogP) is 1.83. The van der Waals surface area contributed by atoms with Gasteiger partial charge in [-0.05, 0) is 26.0 Å². The lowest BCUT2D eigenvalue weighted by Gasteiger charge is -2.13. The number of hydrogen-bond acceptors (Lipinski definition) is 4. The Hall–Kier alpha value is -1.86. The first-order valence-electron chi connectivity index (χ1n) is 5.47. The molecule has 0 heterocycles. The van der Waals surface area contributed by atoms with Crippen molar-refractivity contribution >= 4 is 0 Å². The van der Waals surface area contributed by atoms with Gasteiger partial charge in [0.05, 0.1) is 26.9 Å². The van der Waals surface area contributed by atoms with Crippen molar-refractivity contribution in [3.63, 3.8) is 0 Å². The molecule has 0 aromatic heterocycles. The fourth-order valence-electron chi connectivity index (χ4n) is 1.42. The molecule has 0 bridgehead atoms. The van der Waals surface area contributed by atoms with Gasteiger partial charge in [0.25, 0.3) is 0 Å². The lowest BCUT2D eigenvalue weighted by molar-refractivity contribution is 0.143. The van der Waals surface area contributed by atoms with Crippen molar-refractivity contribution in [2.45, 2.75) is 19.4 Å². The van der Waals surface area contributed by atoms with Crippen LogP contribution in [0.1, 0.15) is 19.4 Å². The highest BCUT2D eigenvalue weighted by molar-refractivity contribution is 5.60. The monoisotopic (exact) mass is 250 g/mol. The first-order chi connectivity index (χ1) is 8.42. The summed E-state index contributed by atoms with van der Waals surface area (Å²) in [5, 5.41) is 9.60. The second-order valence-corrected chi connectivity index (χ2v) is 4.19. The van der Waals surface area contributed by atoms with Crippen molar-refractivity contribution in [2.75, 3.05) is 21.3 Å². The van der Waals surface area contributed by atoms with Crippen molar-refractivity contribution in [1.29, 1.82) is 0 Å². The number of hydrogen-bond donors (Lipinski definition) is 1. The van der Waals surface area contributed by atoms with E-state index in [-0.39, 0.29) is 0 Å². The van der Waals surface area contributed by atoms with Crippen molar-refractivity contribution in [3.05, 3.63) is 17.7 Å². The third-order valence-electron chi connectivity index (χ3n) is 2.21. The Bertz CT molecular complexity index is 475. The zero-order valence-electron chi connectivity index (χ0n) is 11.3. The van der Waals surface area contributed by atoms with Crippen LogP contribution >= 0.6 is 0 Å². The minimum absolute atomic E-state index is 0.488. The molecule has 1 N–H and O–H groups in total. The van der Waals surface area contributed by atoms with Crippen molar-refractivity contribution in [3.8, 4) is 29.1 Å². The molecule has 0 spiro atoms. The van der Waals surface area contributed by atoms with Gasteiger partial charge in [-0.1, -0.05) is 11.8 Å². The van der Waals surface area contributed by atoms with Crippen molar-refractivity contribution in [1.82, 2.24) is 0 Å². The molecule has 0 aliphatic rings. The van der Waals surface area contributed by atoms with Crippen LogP contribution in [0, 0.1) is 11.8 Å². The van der Waals surface area contributed by atoms with E-state index >= 15 is 0 Å². The Morgan fingerprint density at radius 2 is 1.61 bits per heavy atom. The van der Waals surface area contributed by atoms with E-state index in [0.29, 0.717) is 22.8 Å². The summed E-state index contributed by atoms with van der Waals surface area (Å²) in [5.41, 5.74) is -0.421. The highest BCUT2D eigenvalue weighted by atomic mass is 16.5. The van der Waals surface area contributed by atoms with E-state index in [2.05, 4.69) is 11.8 Å². The molecule has 1 aromatic carbocycles. The van der Waals surface area contributed by atoms with Crippen LogP contribution in [-0.4, -0.2) is 32.0 Å². The van der Waals surface area contributed by atoms with Gasteiger partial charge in [-0.15, -0.1) is 0 Å². The second-order valence-electron chi connectivity index (χ2n) is 4.19. The fraction of sp³-hybridized carbons (Fsp3) is 0.429. The molecule has 0 saturated heterocycles. The van der Waals surface area contributed by atoms with Gasteiger partial charge in [-0.3, -0.25) is 0 Å². The standard InChI is InChI=1S/C14H18O4/c1-14(2,15)9-8-10-6-7-11(16-3)13(18-5)12(10)17-4/h6-7,15H,1-5H3. The van der Waals surface area contributed by atoms with E-state index in [1.807, 2.05) is 0 Å². The van der Waals surface area contributed by atoms with Gasteiger partial charge in [-0.2, -0.15) is 0 Å². The van der Waals surface area contributed by atoms with Crippen LogP contribution in [0.5, 0.6) is 17.2 Å². The SMILES string of the molecule is COc1ccc(C#CC(C)(C)O)c(OC)c1OC. The molecule has 18 heavy (non-hydrogen) atoms. The van der Waals surface area contributed by atoms with Gasteiger partial charge < -0.3 is 19.3 Å². The molecule has 4 heteroatoms. The molecule has 0 atom stereocenters. The zero-order chi connectivity index (χ0) is 13.8. The third-order valence-corrected chi connectivity index (χ3v) is 2.21. The fourth-order valence-corrected chi connectivity index (χ4v) is 1.42. The van der Waals surface area contributed by atoms with E-state index in [1.165, 1.54) is 14.2 Å². The Morgan fingerprint density at radius 1 is 1.00 bits per heavy atom. The number of ether oxygens (including phenoxy) is 3. The predicted molar refractivity (Wildman–Crippen MR) is 69.3 cm³/mol. The minimum Gasteiger partial charge on any atom is -0.493 e. The summed E-state index contributed by atoms with van der Waals surface area (Å²) in [7, 11) is 4.62. The highest BCUT2D eigenvalue weighted by Crippen LogP contribution is 2.39. The van der Waals surface area contributed by atoms with Crippen molar-refractivity contribution < 1.29 is 19.3 Å². The molecule has 0 unspecified atom stereocenters. The van der Waals surface area contributed by atoms with Crippen LogP contribution in [0.2, 0.25) is 0 Å². The van der Waals surface area contributed by atoms with Crippen LogP contribution < -0.4 is 14.2 Å². The van der Waals surface area contributed by atoms with E-state index in [4.69, 9.17) is 14.2 Å². The molecule has 1 rings (SSSR count). The molecule has 98 valence electrons. The summed E-state index contributed by atoms with van der Waals surface area (Å²) in [6, 6.07) is 3.51. The van der Waals surface area contributed by atoms with Gasteiger partial charge in [0.15, 0.2) is 11.5 Å². The van der Waals surface area contributed by atoms with Crippen LogP contribution in [-0.2, 0) is 0 Å². The molecule has 0 amide bonds. The summed E-state index contributed by atoms with van der Waals surface area (Å²) >= 11 is 0. The quantitative estimate of drug-likeness (QED) is 0.831. The Labute approximate surface area is 107 Å². The molecular formula is C14H18O4. The molecule has 0 radical (unpaired) electrons. The first-order valence-corrected chi connectivity index (χ1v) is 5.47. The van der Waals surface area contributed by atoms with E-state index in [0.717, 1.165) is 0 Å². The van der Waals surface area contributed by atoms with Gasteiger partial charge in [0.2, 0.25) is 5.75 Å². The maximum atomic E-state index is 9.60. The minimum atomic E-state index is -1.06. The third kappa shape index (κ3) is 3.31. The van der Waals surface area contributed by atoms with Crippen molar-refractivity contribution in [2.24, 2.45) is 0 Å². The second kappa shape index (κ2) is 5.65. The van der Waals surface area contributed by atoms with Gasteiger partial charge >= 0.3 is 0 Å². The topological polar surface area (TPSA) is 47.9 Å². The normalized spacial score (nSPS) is 10.3. The lowest BCUT2D eigenvalue weighted by Crippen LogP contribution is -2.14. The van der Waals surface area contributed by atoms with E-state index < -0.39 is 5.60 Å². The molecule has 0 fully saturated rings. The summed E-state index contributed by atoms with van der Waals surface area (Å²) < 4.78 is 15.7. The average molecular weight is 250 g/mol. The van der Waals surface area contributed by atoms with Crippen LogP contribution in [0.15, 0.2) is 12.1 Å². The first kappa shape index (κ1) is 14.2. The summed E-state index contributed by atoms with van der Waals surface area (Å²) in [6.07, 6.45) is 0. The Balaban J connectivity index is 3.32. The largest absolute Gasteiger partial charge is 0.493 e. The van der Waals surface area contributed by atoms with Gasteiger partial charge in [0.1, 0.15) is 5.60 Å². The highest BCUT2D eigenvalue weighted by Gasteiger charge is 2.15. The average Bonchev–Trinajstić information content (AvgIpc) is 2.33. The Morgan fingerprint density at radius 3 is 2.06 bits per heavy atom. The van der Waals surface area contributed by atoms with Gasteiger partial charge in [0, 0.05) is 0 Å². The number of benzene rings is 1. The smallest absolute Gasteiger partial charge is 0.204 e. The number of methoxy groups -OCH3 is 3. The van der Waals surface area contributed by atoms with Crippen LogP contribution in [0.25, 0.3) is 0 Å². The van der Waals surface area contributed by atoms with E-state index in [1.54, 1.807) is 33.1 Å². The van der Waals surface area contributed by atoms with E-state index in [9.17, 15) is 5.11 Å². The zero-order valence-corrected chi connectivity index (χ0v) is 11.3. The summed E-state index contributed by atoms with van der Waals surface area (Å²) in [6.45, 7) is 3.24. The molecule has 4 nitrogen and oxygen atoms in total. The molecule has 0 aliphatic heterocycles. The summed E-state index contributed by atoms with van der Waals surface area (Å²) in [4.78, 5) is 0. The molecule has 0 aliphatic carbocycles. The lowest BCUT2D eigenvalue weighted by atomic mass is 10.1.